The molecule has 0 fully saturated rings. The van der Waals surface area contributed by atoms with Crippen LogP contribution in [0.3, 0.4) is 0 Å². The highest BCUT2D eigenvalue weighted by Gasteiger charge is 2.05. The molecular formula is C16H15N3. The molecular weight excluding hydrogens is 234 g/mol. The van der Waals surface area contributed by atoms with Crippen LogP contribution in [0.4, 0.5) is 5.82 Å². The van der Waals surface area contributed by atoms with E-state index in [4.69, 9.17) is 5.73 Å². The lowest BCUT2D eigenvalue weighted by molar-refractivity contribution is 1.12. The molecule has 3 rings (SSSR count). The van der Waals surface area contributed by atoms with Crippen molar-refractivity contribution in [1.29, 1.82) is 0 Å². The molecule has 0 atom stereocenters. The Hall–Kier alpha value is -2.42. The molecule has 3 heteroatoms. The van der Waals surface area contributed by atoms with Crippen LogP contribution in [0.5, 0.6) is 0 Å². The van der Waals surface area contributed by atoms with Crippen LogP contribution in [0, 0.1) is 6.92 Å². The second-order valence-corrected chi connectivity index (χ2v) is 4.70. The summed E-state index contributed by atoms with van der Waals surface area (Å²) in [7, 11) is 0. The molecule has 19 heavy (non-hydrogen) atoms. The maximum absolute atomic E-state index is 5.69. The van der Waals surface area contributed by atoms with Crippen molar-refractivity contribution >= 4 is 16.7 Å². The van der Waals surface area contributed by atoms with E-state index in [9.17, 15) is 0 Å². The zero-order valence-electron chi connectivity index (χ0n) is 10.8. The Labute approximate surface area is 112 Å². The molecule has 1 aromatic carbocycles. The van der Waals surface area contributed by atoms with Crippen molar-refractivity contribution in [3.05, 3.63) is 65.5 Å². The Balaban J connectivity index is 2.06. The summed E-state index contributed by atoms with van der Waals surface area (Å²) in [6.07, 6.45) is 4.57. The van der Waals surface area contributed by atoms with E-state index in [-0.39, 0.29) is 0 Å². The summed E-state index contributed by atoms with van der Waals surface area (Å²) in [6, 6.07) is 12.2. The number of anilines is 1. The molecule has 0 saturated heterocycles. The minimum atomic E-state index is 0.570. The maximum atomic E-state index is 5.69. The molecule has 0 spiro atoms. The summed E-state index contributed by atoms with van der Waals surface area (Å²) in [6.45, 7) is 2.07. The summed E-state index contributed by atoms with van der Waals surface area (Å²) in [5.41, 5.74) is 10.4. The molecule has 0 saturated carbocycles. The molecule has 2 N–H and O–H groups in total. The molecule has 94 valence electrons. The van der Waals surface area contributed by atoms with Gasteiger partial charge in [0.05, 0.1) is 5.52 Å². The lowest BCUT2D eigenvalue weighted by atomic mass is 10.00. The number of hydrogen-bond acceptors (Lipinski definition) is 3. The third kappa shape index (κ3) is 2.27. The Morgan fingerprint density at radius 3 is 2.74 bits per heavy atom. The number of nitrogens with two attached hydrogens (primary N) is 1. The van der Waals surface area contributed by atoms with Crippen LogP contribution in [0.1, 0.15) is 16.7 Å². The summed E-state index contributed by atoms with van der Waals surface area (Å²) in [5.74, 6) is 0.570. The van der Waals surface area contributed by atoms with Gasteiger partial charge in [-0.3, -0.25) is 4.98 Å². The van der Waals surface area contributed by atoms with Gasteiger partial charge >= 0.3 is 0 Å². The quantitative estimate of drug-likeness (QED) is 0.759. The monoisotopic (exact) mass is 249 g/mol. The SMILES string of the molecule is Cc1cc(N)ncc1Cc1ccnc2ccccc12. The van der Waals surface area contributed by atoms with E-state index in [2.05, 4.69) is 29.0 Å². The predicted molar refractivity (Wildman–Crippen MR) is 77.9 cm³/mol. The highest BCUT2D eigenvalue weighted by atomic mass is 14.8. The number of fused-ring (bicyclic) bond motifs is 1. The average Bonchev–Trinajstić information content (AvgIpc) is 2.42. The molecule has 0 amide bonds. The normalized spacial score (nSPS) is 10.8. The van der Waals surface area contributed by atoms with Gasteiger partial charge in [-0.25, -0.2) is 4.98 Å². The minimum absolute atomic E-state index is 0.570. The first-order chi connectivity index (χ1) is 9.24. The largest absolute Gasteiger partial charge is 0.384 e. The predicted octanol–water partition coefficient (Wildman–Crippen LogP) is 3.11. The molecule has 0 bridgehead atoms. The van der Waals surface area contributed by atoms with Gasteiger partial charge in [0.2, 0.25) is 0 Å². The van der Waals surface area contributed by atoms with Crippen LogP contribution < -0.4 is 5.73 Å². The van der Waals surface area contributed by atoms with Crippen LogP contribution >= 0.6 is 0 Å². The number of aromatic nitrogens is 2. The maximum Gasteiger partial charge on any atom is 0.123 e. The molecule has 2 heterocycles. The van der Waals surface area contributed by atoms with Crippen LogP contribution in [0.2, 0.25) is 0 Å². The van der Waals surface area contributed by atoms with Crippen LogP contribution in [0.15, 0.2) is 48.8 Å². The van der Waals surface area contributed by atoms with Crippen molar-refractivity contribution < 1.29 is 0 Å². The summed E-state index contributed by atoms with van der Waals surface area (Å²) in [4.78, 5) is 8.56. The number of nitrogen functional groups attached to an aromatic ring is 1. The zero-order chi connectivity index (χ0) is 13.2. The Bertz CT molecular complexity index is 730. The van der Waals surface area contributed by atoms with E-state index in [0.29, 0.717) is 5.82 Å². The standard InChI is InChI=1S/C16H15N3/c1-11-8-16(17)19-10-13(11)9-12-6-7-18-15-5-3-2-4-14(12)15/h2-8,10H,9H2,1H3,(H2,17,19). The van der Waals surface area contributed by atoms with E-state index in [1.54, 1.807) is 0 Å². The van der Waals surface area contributed by atoms with Crippen molar-refractivity contribution in [2.24, 2.45) is 0 Å². The first-order valence-electron chi connectivity index (χ1n) is 6.27. The number of rotatable bonds is 2. The zero-order valence-corrected chi connectivity index (χ0v) is 10.8. The lowest BCUT2D eigenvalue weighted by Crippen LogP contribution is -1.98. The summed E-state index contributed by atoms with van der Waals surface area (Å²) >= 11 is 0. The minimum Gasteiger partial charge on any atom is -0.384 e. The first-order valence-corrected chi connectivity index (χ1v) is 6.27. The Kier molecular flexibility index (Phi) is 2.88. The van der Waals surface area contributed by atoms with Gasteiger partial charge in [0.15, 0.2) is 0 Å². The van der Waals surface area contributed by atoms with Crippen molar-refractivity contribution in [3.63, 3.8) is 0 Å². The third-order valence-corrected chi connectivity index (χ3v) is 3.36. The van der Waals surface area contributed by atoms with Gasteiger partial charge in [-0.1, -0.05) is 18.2 Å². The fourth-order valence-corrected chi connectivity index (χ4v) is 2.31. The molecule has 0 aliphatic carbocycles. The van der Waals surface area contributed by atoms with E-state index >= 15 is 0 Å². The topological polar surface area (TPSA) is 51.8 Å². The molecule has 3 aromatic rings. The van der Waals surface area contributed by atoms with Gasteiger partial charge in [-0.05, 0) is 48.2 Å². The van der Waals surface area contributed by atoms with E-state index in [0.717, 1.165) is 11.9 Å². The Morgan fingerprint density at radius 1 is 1.05 bits per heavy atom. The van der Waals surface area contributed by atoms with Crippen molar-refractivity contribution in [2.45, 2.75) is 13.3 Å². The lowest BCUT2D eigenvalue weighted by Gasteiger charge is -2.08. The van der Waals surface area contributed by atoms with Crippen LogP contribution in [-0.2, 0) is 6.42 Å². The van der Waals surface area contributed by atoms with Gasteiger partial charge in [0.1, 0.15) is 5.82 Å². The smallest absolute Gasteiger partial charge is 0.123 e. The van der Waals surface area contributed by atoms with Gasteiger partial charge in [0.25, 0.3) is 0 Å². The summed E-state index contributed by atoms with van der Waals surface area (Å²) < 4.78 is 0. The second kappa shape index (κ2) is 4.69. The number of benzene rings is 1. The molecule has 2 aromatic heterocycles. The van der Waals surface area contributed by atoms with E-state index < -0.39 is 0 Å². The average molecular weight is 249 g/mol. The highest BCUT2D eigenvalue weighted by Crippen LogP contribution is 2.21. The number of para-hydroxylation sites is 1. The first kappa shape index (κ1) is 11.7. The fraction of sp³-hybridized carbons (Fsp3) is 0.125. The number of pyridine rings is 2. The van der Waals surface area contributed by atoms with Crippen molar-refractivity contribution in [3.8, 4) is 0 Å². The molecule has 3 nitrogen and oxygen atoms in total. The third-order valence-electron chi connectivity index (χ3n) is 3.36. The van der Waals surface area contributed by atoms with E-state index in [1.807, 2.05) is 36.7 Å². The highest BCUT2D eigenvalue weighted by molar-refractivity contribution is 5.82. The molecule has 0 radical (unpaired) electrons. The number of hydrogen-bond donors (Lipinski definition) is 1. The Morgan fingerprint density at radius 2 is 1.89 bits per heavy atom. The molecule has 0 aliphatic heterocycles. The van der Waals surface area contributed by atoms with Gasteiger partial charge < -0.3 is 5.73 Å². The van der Waals surface area contributed by atoms with Crippen LogP contribution in [0.25, 0.3) is 10.9 Å². The van der Waals surface area contributed by atoms with Gasteiger partial charge in [0, 0.05) is 17.8 Å². The van der Waals surface area contributed by atoms with Crippen molar-refractivity contribution in [2.75, 3.05) is 5.73 Å². The van der Waals surface area contributed by atoms with Gasteiger partial charge in [-0.15, -0.1) is 0 Å². The number of nitrogens with zero attached hydrogens (tertiary/aromatic N) is 2. The van der Waals surface area contributed by atoms with Crippen LogP contribution in [-0.4, -0.2) is 9.97 Å². The fourth-order valence-electron chi connectivity index (χ4n) is 2.31. The summed E-state index contributed by atoms with van der Waals surface area (Å²) in [5, 5.41) is 1.20. The van der Waals surface area contributed by atoms with Gasteiger partial charge in [-0.2, -0.15) is 0 Å². The molecule has 0 unspecified atom stereocenters. The van der Waals surface area contributed by atoms with E-state index in [1.165, 1.54) is 22.1 Å². The van der Waals surface area contributed by atoms with Crippen molar-refractivity contribution in [1.82, 2.24) is 9.97 Å². The second-order valence-electron chi connectivity index (χ2n) is 4.70. The molecule has 0 aliphatic rings. The number of aryl methyl sites for hydroxylation is 1.